The lowest BCUT2D eigenvalue weighted by molar-refractivity contribution is -0.257. The number of hydrogen-bond donors (Lipinski definition) is 0. The van der Waals surface area contributed by atoms with Crippen LogP contribution in [0.25, 0.3) is 0 Å². The highest BCUT2D eigenvalue weighted by Crippen LogP contribution is 2.04. The Kier molecular flexibility index (Phi) is 1.91. The molecule has 10 heavy (non-hydrogen) atoms. The summed E-state index contributed by atoms with van der Waals surface area (Å²) in [5.41, 5.74) is 0. The van der Waals surface area contributed by atoms with Crippen molar-refractivity contribution in [3.8, 4) is 0 Å². The molecule has 4 nitrogen and oxygen atoms in total. The topological polar surface area (TPSA) is 66.2 Å². The second-order valence-electron chi connectivity index (χ2n) is 1.54. The van der Waals surface area contributed by atoms with Crippen molar-refractivity contribution in [2.75, 3.05) is 0 Å². The molecule has 0 aliphatic rings. The van der Waals surface area contributed by atoms with Gasteiger partial charge < -0.3 is 14.3 Å². The van der Waals surface area contributed by atoms with Gasteiger partial charge in [-0.2, -0.15) is 0 Å². The third kappa shape index (κ3) is 1.27. The van der Waals surface area contributed by atoms with Crippen LogP contribution in [0.5, 0.6) is 0 Å². The summed E-state index contributed by atoms with van der Waals surface area (Å²) >= 11 is 5.28. The van der Waals surface area contributed by atoms with Crippen molar-refractivity contribution in [3.05, 3.63) is 17.8 Å². The summed E-state index contributed by atoms with van der Waals surface area (Å²) in [7, 11) is 0. The summed E-state index contributed by atoms with van der Waals surface area (Å²) in [5, 5.41) is 10.0. The lowest BCUT2D eigenvalue weighted by Crippen LogP contribution is -2.21. The predicted molar refractivity (Wildman–Crippen MR) is 30.4 cm³/mol. The molecule has 5 heteroatoms. The van der Waals surface area contributed by atoms with Gasteiger partial charge in [-0.25, -0.2) is 4.98 Å². The van der Waals surface area contributed by atoms with Gasteiger partial charge in [0.25, 0.3) is 0 Å². The largest absolute Gasteiger partial charge is 0.541 e. The molecule has 0 N–H and O–H groups in total. The average Bonchev–Trinajstić information content (AvgIpc) is 2.34. The second-order valence-corrected chi connectivity index (χ2v) is 1.81. The smallest absolute Gasteiger partial charge is 0.209 e. The van der Waals surface area contributed by atoms with Crippen molar-refractivity contribution in [3.63, 3.8) is 0 Å². The zero-order valence-electron chi connectivity index (χ0n) is 4.83. The number of carboxylic acid groups (broad SMARTS) is 1. The van der Waals surface area contributed by atoms with Gasteiger partial charge >= 0.3 is 0 Å². The highest BCUT2D eigenvalue weighted by Gasteiger charge is 2.01. The fourth-order valence-electron chi connectivity index (χ4n) is 0.466. The van der Waals surface area contributed by atoms with Gasteiger partial charge in [-0.05, 0) is 0 Å². The summed E-state index contributed by atoms with van der Waals surface area (Å²) < 4.78 is 4.59. The van der Waals surface area contributed by atoms with E-state index in [0.29, 0.717) is 0 Å². The van der Waals surface area contributed by atoms with Gasteiger partial charge in [-0.3, -0.25) is 0 Å². The van der Waals surface area contributed by atoms with E-state index in [2.05, 4.69) is 9.40 Å². The molecule has 0 aromatic carbocycles. The molecule has 0 saturated carbocycles. The van der Waals surface area contributed by atoms with Gasteiger partial charge in [0.1, 0.15) is 5.97 Å². The van der Waals surface area contributed by atoms with Crippen LogP contribution >= 0.6 is 11.6 Å². The SMILES string of the molecule is O=C([O-])c1cnc(CCl)o1. The Hall–Kier alpha value is -1.03. The van der Waals surface area contributed by atoms with Crippen molar-refractivity contribution in [1.82, 2.24) is 4.98 Å². The van der Waals surface area contributed by atoms with Gasteiger partial charge in [0.05, 0.1) is 12.1 Å². The molecule has 0 spiro atoms. The molecule has 0 amide bonds. The number of carboxylic acids is 1. The van der Waals surface area contributed by atoms with Crippen molar-refractivity contribution in [1.29, 1.82) is 0 Å². The number of nitrogens with zero attached hydrogens (tertiary/aromatic N) is 1. The van der Waals surface area contributed by atoms with Crippen LogP contribution in [0.15, 0.2) is 10.6 Å². The fraction of sp³-hybridized carbons (Fsp3) is 0.200. The molecule has 0 fully saturated rings. The molecule has 1 heterocycles. The summed E-state index contributed by atoms with van der Waals surface area (Å²) in [4.78, 5) is 13.6. The number of oxazole rings is 1. The highest BCUT2D eigenvalue weighted by molar-refractivity contribution is 6.16. The minimum Gasteiger partial charge on any atom is -0.541 e. The summed E-state index contributed by atoms with van der Waals surface area (Å²) in [6.45, 7) is 0. The van der Waals surface area contributed by atoms with Crippen LogP contribution in [0.1, 0.15) is 16.4 Å². The van der Waals surface area contributed by atoms with E-state index < -0.39 is 5.97 Å². The molecule has 54 valence electrons. The quantitative estimate of drug-likeness (QED) is 0.561. The van der Waals surface area contributed by atoms with Crippen molar-refractivity contribution >= 4 is 17.6 Å². The fourth-order valence-corrected chi connectivity index (χ4v) is 0.590. The van der Waals surface area contributed by atoms with Crippen LogP contribution in [0.4, 0.5) is 0 Å². The standard InChI is InChI=1S/C5H4ClNO3/c6-1-4-7-2-3(10-4)5(8)9/h2H,1H2,(H,8,9)/p-1. The molecular formula is C5H3ClNO3-. The minimum atomic E-state index is -1.39. The Morgan fingerprint density at radius 1 is 1.90 bits per heavy atom. The predicted octanol–water partition coefficient (Wildman–Crippen LogP) is -0.223. The van der Waals surface area contributed by atoms with Crippen LogP contribution in [0, 0.1) is 0 Å². The normalized spacial score (nSPS) is 9.70. The second kappa shape index (κ2) is 2.70. The molecule has 0 unspecified atom stereocenters. The number of halogens is 1. The van der Waals surface area contributed by atoms with Gasteiger partial charge in [-0.1, -0.05) is 0 Å². The number of rotatable bonds is 2. The minimum absolute atomic E-state index is 0.0628. The lowest BCUT2D eigenvalue weighted by Gasteiger charge is -1.91. The maximum absolute atomic E-state index is 10.0. The summed E-state index contributed by atoms with van der Waals surface area (Å²) in [6.07, 6.45) is 1.06. The number of alkyl halides is 1. The Labute approximate surface area is 61.4 Å². The first-order valence-corrected chi connectivity index (χ1v) is 2.99. The third-order valence-corrected chi connectivity index (χ3v) is 1.10. The zero-order valence-corrected chi connectivity index (χ0v) is 5.59. The molecule has 0 aliphatic heterocycles. The number of aromatic nitrogens is 1. The number of carbonyl (C=O) groups excluding carboxylic acids is 1. The Morgan fingerprint density at radius 3 is 2.90 bits per heavy atom. The third-order valence-electron chi connectivity index (χ3n) is 0.869. The van der Waals surface area contributed by atoms with Crippen LogP contribution in [0.3, 0.4) is 0 Å². The first-order valence-electron chi connectivity index (χ1n) is 2.46. The van der Waals surface area contributed by atoms with Crippen LogP contribution < -0.4 is 5.11 Å². The first kappa shape index (κ1) is 7.08. The highest BCUT2D eigenvalue weighted by atomic mass is 35.5. The summed E-state index contributed by atoms with van der Waals surface area (Å²) in [5.74, 6) is -1.44. The molecule has 1 aromatic heterocycles. The lowest BCUT2D eigenvalue weighted by atomic mass is 10.5. The van der Waals surface area contributed by atoms with Crippen LogP contribution in [-0.2, 0) is 5.88 Å². The first-order chi connectivity index (χ1) is 4.74. The Balaban J connectivity index is 2.88. The van der Waals surface area contributed by atoms with Crippen molar-refractivity contribution in [2.24, 2.45) is 0 Å². The Bertz CT molecular complexity index is 245. The van der Waals surface area contributed by atoms with E-state index in [1.54, 1.807) is 0 Å². The van der Waals surface area contributed by atoms with E-state index in [4.69, 9.17) is 11.6 Å². The zero-order chi connectivity index (χ0) is 7.56. The van der Waals surface area contributed by atoms with E-state index >= 15 is 0 Å². The van der Waals surface area contributed by atoms with Crippen LogP contribution in [0.2, 0.25) is 0 Å². The number of carbonyl (C=O) groups is 1. The van der Waals surface area contributed by atoms with E-state index in [1.165, 1.54) is 0 Å². The maximum Gasteiger partial charge on any atom is 0.209 e. The number of hydrogen-bond acceptors (Lipinski definition) is 4. The molecule has 0 bridgehead atoms. The van der Waals surface area contributed by atoms with Crippen molar-refractivity contribution < 1.29 is 14.3 Å². The number of aromatic carboxylic acids is 1. The van der Waals surface area contributed by atoms with Crippen LogP contribution in [-0.4, -0.2) is 11.0 Å². The van der Waals surface area contributed by atoms with E-state index in [1.807, 2.05) is 0 Å². The van der Waals surface area contributed by atoms with E-state index in [9.17, 15) is 9.90 Å². The van der Waals surface area contributed by atoms with Gasteiger partial charge in [0, 0.05) is 0 Å². The average molecular weight is 161 g/mol. The van der Waals surface area contributed by atoms with Gasteiger partial charge in [0.15, 0.2) is 5.76 Å². The molecule has 1 aromatic rings. The molecule has 0 radical (unpaired) electrons. The van der Waals surface area contributed by atoms with Crippen molar-refractivity contribution in [2.45, 2.75) is 5.88 Å². The van der Waals surface area contributed by atoms with E-state index in [-0.39, 0.29) is 17.5 Å². The molecular weight excluding hydrogens is 158 g/mol. The van der Waals surface area contributed by atoms with Gasteiger partial charge in [-0.15, -0.1) is 11.6 Å². The molecule has 0 saturated heterocycles. The van der Waals surface area contributed by atoms with E-state index in [0.717, 1.165) is 6.20 Å². The summed E-state index contributed by atoms with van der Waals surface area (Å²) in [6, 6.07) is 0. The monoisotopic (exact) mass is 160 g/mol. The Morgan fingerprint density at radius 2 is 2.60 bits per heavy atom. The maximum atomic E-state index is 10.0. The molecule has 1 rings (SSSR count). The molecule has 0 atom stereocenters. The molecule has 0 aliphatic carbocycles. The van der Waals surface area contributed by atoms with Gasteiger partial charge in [0.2, 0.25) is 5.89 Å².